The van der Waals surface area contributed by atoms with Gasteiger partial charge in [-0.2, -0.15) is 0 Å². The molecule has 1 N–H and O–H groups in total. The lowest BCUT2D eigenvalue weighted by Gasteiger charge is -2.33. The molecule has 0 aliphatic carbocycles. The number of nitrogens with zero attached hydrogens (tertiary/aromatic N) is 2. The normalized spacial score (nSPS) is 22.0. The lowest BCUT2D eigenvalue weighted by atomic mass is 10.2. The van der Waals surface area contributed by atoms with Gasteiger partial charge in [0.1, 0.15) is 0 Å². The molecule has 1 saturated heterocycles. The van der Waals surface area contributed by atoms with Crippen LogP contribution in [-0.2, 0) is 6.54 Å². The van der Waals surface area contributed by atoms with Gasteiger partial charge >= 0.3 is 0 Å². The van der Waals surface area contributed by atoms with Crippen LogP contribution in [0.5, 0.6) is 5.88 Å². The molecule has 0 spiro atoms. The summed E-state index contributed by atoms with van der Waals surface area (Å²) in [5.41, 5.74) is 1.08. The molecule has 16 heavy (non-hydrogen) atoms. The van der Waals surface area contributed by atoms with Crippen molar-refractivity contribution < 1.29 is 4.74 Å². The summed E-state index contributed by atoms with van der Waals surface area (Å²) < 4.78 is 5.13. The Morgan fingerprint density at radius 1 is 1.56 bits per heavy atom. The van der Waals surface area contributed by atoms with E-state index in [1.54, 1.807) is 7.11 Å². The molecule has 0 bridgehead atoms. The summed E-state index contributed by atoms with van der Waals surface area (Å²) >= 11 is 0. The van der Waals surface area contributed by atoms with Gasteiger partial charge in [0.05, 0.1) is 12.8 Å². The third-order valence-corrected chi connectivity index (χ3v) is 2.99. The fourth-order valence-electron chi connectivity index (χ4n) is 1.99. The van der Waals surface area contributed by atoms with Crippen molar-refractivity contribution in [1.29, 1.82) is 0 Å². The highest BCUT2D eigenvalue weighted by molar-refractivity contribution is 5.15. The maximum atomic E-state index is 5.13. The Hall–Kier alpha value is -1.13. The number of hydrogen-bond donors (Lipinski definition) is 1. The van der Waals surface area contributed by atoms with Crippen LogP contribution in [0.2, 0.25) is 0 Å². The first-order chi connectivity index (χ1) is 7.79. The van der Waals surface area contributed by atoms with E-state index >= 15 is 0 Å². The molecule has 4 heteroatoms. The SMILES string of the molecule is COc1cccc(CN2CCNC[C@H]2C)n1. The highest BCUT2D eigenvalue weighted by Crippen LogP contribution is 2.11. The molecular weight excluding hydrogens is 202 g/mol. The highest BCUT2D eigenvalue weighted by atomic mass is 16.5. The van der Waals surface area contributed by atoms with E-state index in [0.29, 0.717) is 11.9 Å². The summed E-state index contributed by atoms with van der Waals surface area (Å²) in [6, 6.07) is 6.50. The second-order valence-corrected chi connectivity index (χ2v) is 4.19. The summed E-state index contributed by atoms with van der Waals surface area (Å²) in [7, 11) is 1.65. The van der Waals surface area contributed by atoms with E-state index in [1.165, 1.54) is 0 Å². The molecule has 4 nitrogen and oxygen atoms in total. The van der Waals surface area contributed by atoms with Gasteiger partial charge in [0.25, 0.3) is 0 Å². The topological polar surface area (TPSA) is 37.4 Å². The van der Waals surface area contributed by atoms with Crippen molar-refractivity contribution in [3.63, 3.8) is 0 Å². The zero-order chi connectivity index (χ0) is 11.4. The number of aromatic nitrogens is 1. The molecule has 1 aliphatic rings. The Kier molecular flexibility index (Phi) is 3.74. The molecule has 0 amide bonds. The van der Waals surface area contributed by atoms with Crippen molar-refractivity contribution >= 4 is 0 Å². The fraction of sp³-hybridized carbons (Fsp3) is 0.583. The first-order valence-corrected chi connectivity index (χ1v) is 5.74. The minimum absolute atomic E-state index is 0.571. The number of hydrogen-bond acceptors (Lipinski definition) is 4. The van der Waals surface area contributed by atoms with Crippen LogP contribution in [0.15, 0.2) is 18.2 Å². The van der Waals surface area contributed by atoms with E-state index in [9.17, 15) is 0 Å². The van der Waals surface area contributed by atoms with E-state index in [0.717, 1.165) is 31.9 Å². The van der Waals surface area contributed by atoms with Gasteiger partial charge in [-0.3, -0.25) is 4.90 Å². The first kappa shape index (κ1) is 11.4. The Bertz CT molecular complexity index is 343. The maximum Gasteiger partial charge on any atom is 0.213 e. The smallest absolute Gasteiger partial charge is 0.213 e. The van der Waals surface area contributed by atoms with Crippen molar-refractivity contribution in [3.05, 3.63) is 23.9 Å². The number of nitrogens with one attached hydrogen (secondary N) is 1. The van der Waals surface area contributed by atoms with Crippen LogP contribution < -0.4 is 10.1 Å². The minimum atomic E-state index is 0.571. The Balaban J connectivity index is 2.01. The van der Waals surface area contributed by atoms with Crippen molar-refractivity contribution in [2.45, 2.75) is 19.5 Å². The Labute approximate surface area is 96.6 Å². The molecule has 0 aromatic carbocycles. The molecule has 0 radical (unpaired) electrons. The molecular formula is C12H19N3O. The third-order valence-electron chi connectivity index (χ3n) is 2.99. The average Bonchev–Trinajstić information content (AvgIpc) is 2.32. The zero-order valence-electron chi connectivity index (χ0n) is 9.94. The largest absolute Gasteiger partial charge is 0.481 e. The molecule has 1 fully saturated rings. The van der Waals surface area contributed by atoms with Crippen LogP contribution in [0.4, 0.5) is 0 Å². The van der Waals surface area contributed by atoms with Gasteiger partial charge in [0.15, 0.2) is 0 Å². The van der Waals surface area contributed by atoms with Crippen LogP contribution in [-0.4, -0.2) is 42.7 Å². The van der Waals surface area contributed by atoms with Gasteiger partial charge in [0, 0.05) is 38.3 Å². The van der Waals surface area contributed by atoms with E-state index < -0.39 is 0 Å². The van der Waals surface area contributed by atoms with E-state index in [2.05, 4.69) is 28.2 Å². The van der Waals surface area contributed by atoms with Gasteiger partial charge in [0.2, 0.25) is 5.88 Å². The summed E-state index contributed by atoms with van der Waals surface area (Å²) in [4.78, 5) is 6.88. The first-order valence-electron chi connectivity index (χ1n) is 5.74. The summed E-state index contributed by atoms with van der Waals surface area (Å²) in [5, 5.41) is 3.39. The summed E-state index contributed by atoms with van der Waals surface area (Å²) in [6.07, 6.45) is 0. The number of pyridine rings is 1. The van der Waals surface area contributed by atoms with Gasteiger partial charge in [-0.1, -0.05) is 6.07 Å². The molecule has 1 aromatic rings. The van der Waals surface area contributed by atoms with Gasteiger partial charge < -0.3 is 10.1 Å². The second-order valence-electron chi connectivity index (χ2n) is 4.19. The van der Waals surface area contributed by atoms with Crippen molar-refractivity contribution in [2.24, 2.45) is 0 Å². The van der Waals surface area contributed by atoms with Crippen LogP contribution in [0.25, 0.3) is 0 Å². The van der Waals surface area contributed by atoms with Crippen molar-refractivity contribution in [2.75, 3.05) is 26.7 Å². The van der Waals surface area contributed by atoms with E-state index in [1.807, 2.05) is 12.1 Å². The number of piperazine rings is 1. The third kappa shape index (κ3) is 2.71. The lowest BCUT2D eigenvalue weighted by Crippen LogP contribution is -2.49. The molecule has 0 saturated carbocycles. The standard InChI is InChI=1S/C12H19N3O/c1-10-8-13-6-7-15(10)9-11-4-3-5-12(14-11)16-2/h3-5,10,13H,6-9H2,1-2H3/t10-/m1/s1. The van der Waals surface area contributed by atoms with Crippen LogP contribution in [0.1, 0.15) is 12.6 Å². The summed E-state index contributed by atoms with van der Waals surface area (Å²) in [6.45, 7) is 6.35. The van der Waals surface area contributed by atoms with Crippen molar-refractivity contribution in [3.8, 4) is 5.88 Å². The van der Waals surface area contributed by atoms with Crippen LogP contribution in [0.3, 0.4) is 0 Å². The van der Waals surface area contributed by atoms with Crippen LogP contribution in [0, 0.1) is 0 Å². The fourth-order valence-corrected chi connectivity index (χ4v) is 1.99. The predicted molar refractivity (Wildman–Crippen MR) is 63.5 cm³/mol. The lowest BCUT2D eigenvalue weighted by molar-refractivity contribution is 0.163. The molecule has 1 aromatic heterocycles. The quantitative estimate of drug-likeness (QED) is 0.822. The number of rotatable bonds is 3. The Morgan fingerprint density at radius 3 is 3.19 bits per heavy atom. The van der Waals surface area contributed by atoms with E-state index in [-0.39, 0.29) is 0 Å². The molecule has 0 unspecified atom stereocenters. The number of methoxy groups -OCH3 is 1. The zero-order valence-corrected chi connectivity index (χ0v) is 9.94. The molecule has 2 heterocycles. The second kappa shape index (κ2) is 5.27. The Morgan fingerprint density at radius 2 is 2.44 bits per heavy atom. The minimum Gasteiger partial charge on any atom is -0.481 e. The monoisotopic (exact) mass is 221 g/mol. The van der Waals surface area contributed by atoms with Gasteiger partial charge in [-0.05, 0) is 13.0 Å². The molecule has 1 atom stereocenters. The van der Waals surface area contributed by atoms with Gasteiger partial charge in [-0.25, -0.2) is 4.98 Å². The van der Waals surface area contributed by atoms with Gasteiger partial charge in [-0.15, -0.1) is 0 Å². The molecule has 1 aliphatic heterocycles. The highest BCUT2D eigenvalue weighted by Gasteiger charge is 2.18. The molecule has 2 rings (SSSR count). The predicted octanol–water partition coefficient (Wildman–Crippen LogP) is 0.884. The number of ether oxygens (including phenoxy) is 1. The average molecular weight is 221 g/mol. The van der Waals surface area contributed by atoms with Crippen molar-refractivity contribution in [1.82, 2.24) is 15.2 Å². The molecule has 88 valence electrons. The van der Waals surface area contributed by atoms with E-state index in [4.69, 9.17) is 4.74 Å². The van der Waals surface area contributed by atoms with Crippen LogP contribution >= 0.6 is 0 Å². The summed E-state index contributed by atoms with van der Waals surface area (Å²) in [5.74, 6) is 0.695. The maximum absolute atomic E-state index is 5.13.